The zero-order valence-electron chi connectivity index (χ0n) is 12.9. The van der Waals surface area contributed by atoms with Crippen molar-refractivity contribution in [3.05, 3.63) is 58.6 Å². The van der Waals surface area contributed by atoms with E-state index >= 15 is 0 Å². The van der Waals surface area contributed by atoms with E-state index in [1.165, 1.54) is 11.1 Å². The van der Waals surface area contributed by atoms with Gasteiger partial charge < -0.3 is 9.88 Å². The van der Waals surface area contributed by atoms with Gasteiger partial charge in [0, 0.05) is 13.1 Å². The van der Waals surface area contributed by atoms with E-state index in [9.17, 15) is 4.79 Å². The zero-order chi connectivity index (χ0) is 15.5. The Morgan fingerprint density at radius 3 is 2.91 bits per heavy atom. The lowest BCUT2D eigenvalue weighted by Crippen LogP contribution is -2.26. The second kappa shape index (κ2) is 6.36. The number of nitrogens with zero attached hydrogens (tertiary/aromatic N) is 1. The fourth-order valence-corrected chi connectivity index (χ4v) is 3.48. The first kappa shape index (κ1) is 14.9. The maximum Gasteiger partial charge on any atom is 0.267 e. The average Bonchev–Trinajstić information content (AvgIpc) is 3.07. The van der Waals surface area contributed by atoms with E-state index in [1.54, 1.807) is 11.3 Å². The van der Waals surface area contributed by atoms with Crippen molar-refractivity contribution in [2.75, 3.05) is 6.54 Å². The molecule has 0 atom stereocenters. The summed E-state index contributed by atoms with van der Waals surface area (Å²) in [7, 11) is 0. The Hall–Kier alpha value is -2.07. The van der Waals surface area contributed by atoms with Gasteiger partial charge in [0.1, 0.15) is 5.69 Å². The highest BCUT2D eigenvalue weighted by Gasteiger charge is 2.16. The molecule has 3 nitrogen and oxygen atoms in total. The van der Waals surface area contributed by atoms with Crippen LogP contribution >= 0.6 is 11.3 Å². The van der Waals surface area contributed by atoms with E-state index < -0.39 is 0 Å². The number of hydrogen-bond donors (Lipinski definition) is 1. The van der Waals surface area contributed by atoms with Crippen LogP contribution in [0.15, 0.2) is 41.8 Å². The summed E-state index contributed by atoms with van der Waals surface area (Å²) in [6, 6.07) is 12.5. The van der Waals surface area contributed by atoms with E-state index in [0.29, 0.717) is 6.54 Å². The highest BCUT2D eigenvalue weighted by atomic mass is 32.1. The van der Waals surface area contributed by atoms with Crippen molar-refractivity contribution >= 4 is 27.5 Å². The number of aromatic nitrogens is 1. The number of carbonyl (C=O) groups excluding carboxylic acids is 1. The molecule has 1 aromatic carbocycles. The topological polar surface area (TPSA) is 34.0 Å². The maximum atomic E-state index is 12.4. The number of thiophene rings is 1. The normalized spacial score (nSPS) is 11.0. The van der Waals surface area contributed by atoms with E-state index in [0.717, 1.165) is 28.9 Å². The number of amides is 1. The largest absolute Gasteiger partial charge is 0.351 e. The Morgan fingerprint density at radius 1 is 1.27 bits per heavy atom. The SMILES string of the molecule is CCCNC(=O)c1cc2sccc2n1Cc1cccc(C)c1. The highest BCUT2D eigenvalue weighted by molar-refractivity contribution is 7.17. The number of aryl methyl sites for hydroxylation is 1. The van der Waals surface area contributed by atoms with E-state index in [4.69, 9.17) is 0 Å². The molecule has 22 heavy (non-hydrogen) atoms. The molecule has 0 saturated carbocycles. The van der Waals surface area contributed by atoms with Crippen LogP contribution in [0, 0.1) is 6.92 Å². The summed E-state index contributed by atoms with van der Waals surface area (Å²) >= 11 is 1.68. The fourth-order valence-electron chi connectivity index (χ4n) is 2.66. The molecule has 0 unspecified atom stereocenters. The molecule has 0 aliphatic rings. The van der Waals surface area contributed by atoms with Crippen molar-refractivity contribution in [2.24, 2.45) is 0 Å². The molecule has 0 radical (unpaired) electrons. The predicted octanol–water partition coefficient (Wildman–Crippen LogP) is 4.20. The standard InChI is InChI=1S/C18H20N2OS/c1-3-8-19-18(21)16-11-17-15(7-9-22-17)20(16)12-14-6-4-5-13(2)10-14/h4-7,9-11H,3,8,12H2,1-2H3,(H,19,21). The number of carbonyl (C=O) groups is 1. The van der Waals surface area contributed by atoms with Crippen molar-refractivity contribution in [3.63, 3.8) is 0 Å². The zero-order valence-corrected chi connectivity index (χ0v) is 13.7. The second-order valence-electron chi connectivity index (χ2n) is 5.53. The molecule has 1 N–H and O–H groups in total. The molecule has 0 fully saturated rings. The van der Waals surface area contributed by atoms with Crippen molar-refractivity contribution in [1.29, 1.82) is 0 Å². The van der Waals surface area contributed by atoms with Gasteiger partial charge in [-0.1, -0.05) is 36.8 Å². The first-order chi connectivity index (χ1) is 10.7. The lowest BCUT2D eigenvalue weighted by atomic mass is 10.1. The van der Waals surface area contributed by atoms with Crippen LogP contribution in [0.4, 0.5) is 0 Å². The molecule has 0 spiro atoms. The Kier molecular flexibility index (Phi) is 4.29. The quantitative estimate of drug-likeness (QED) is 0.753. The Balaban J connectivity index is 1.98. The summed E-state index contributed by atoms with van der Waals surface area (Å²) in [5.74, 6) is 0.0119. The number of nitrogens with one attached hydrogen (secondary N) is 1. The molecule has 3 rings (SSSR count). The fraction of sp³-hybridized carbons (Fsp3) is 0.278. The molecule has 0 aliphatic carbocycles. The van der Waals surface area contributed by atoms with Crippen LogP contribution in [-0.2, 0) is 6.54 Å². The Morgan fingerprint density at radius 2 is 2.14 bits per heavy atom. The molecule has 2 heterocycles. The summed E-state index contributed by atoms with van der Waals surface area (Å²) in [4.78, 5) is 12.4. The minimum atomic E-state index is 0.0119. The molecule has 4 heteroatoms. The van der Waals surface area contributed by atoms with Gasteiger partial charge in [0.15, 0.2) is 0 Å². The summed E-state index contributed by atoms with van der Waals surface area (Å²) in [6.07, 6.45) is 0.943. The highest BCUT2D eigenvalue weighted by Crippen LogP contribution is 2.26. The lowest BCUT2D eigenvalue weighted by Gasteiger charge is -2.11. The Bertz CT molecular complexity index is 800. The van der Waals surface area contributed by atoms with Gasteiger partial charge in [0.2, 0.25) is 0 Å². The van der Waals surface area contributed by atoms with Crippen LogP contribution in [0.5, 0.6) is 0 Å². The van der Waals surface area contributed by atoms with Gasteiger partial charge in [-0.25, -0.2) is 0 Å². The number of benzene rings is 1. The average molecular weight is 312 g/mol. The van der Waals surface area contributed by atoms with Crippen LogP contribution in [0.1, 0.15) is 35.0 Å². The van der Waals surface area contributed by atoms with E-state index in [2.05, 4.69) is 59.4 Å². The van der Waals surface area contributed by atoms with Gasteiger partial charge in [-0.15, -0.1) is 11.3 Å². The molecule has 0 bridgehead atoms. The second-order valence-corrected chi connectivity index (χ2v) is 6.48. The van der Waals surface area contributed by atoms with Crippen LogP contribution in [-0.4, -0.2) is 17.0 Å². The van der Waals surface area contributed by atoms with Crippen LogP contribution in [0.25, 0.3) is 10.2 Å². The molecule has 2 aromatic heterocycles. The monoisotopic (exact) mass is 312 g/mol. The first-order valence-corrected chi connectivity index (χ1v) is 8.47. The van der Waals surface area contributed by atoms with Crippen LogP contribution in [0.3, 0.4) is 0 Å². The molecule has 0 aliphatic heterocycles. The summed E-state index contributed by atoms with van der Waals surface area (Å²) in [5, 5.41) is 5.06. The minimum Gasteiger partial charge on any atom is -0.351 e. The van der Waals surface area contributed by atoms with Gasteiger partial charge in [-0.2, -0.15) is 0 Å². The maximum absolute atomic E-state index is 12.4. The van der Waals surface area contributed by atoms with Gasteiger partial charge in [-0.3, -0.25) is 4.79 Å². The number of fused-ring (bicyclic) bond motifs is 1. The molecule has 114 valence electrons. The summed E-state index contributed by atoms with van der Waals surface area (Å²) < 4.78 is 3.28. The van der Waals surface area contributed by atoms with Gasteiger partial charge in [0.05, 0.1) is 10.2 Å². The van der Waals surface area contributed by atoms with Crippen LogP contribution < -0.4 is 5.32 Å². The Labute approximate surface area is 134 Å². The van der Waals surface area contributed by atoms with Crippen molar-refractivity contribution in [3.8, 4) is 0 Å². The van der Waals surface area contributed by atoms with Crippen molar-refractivity contribution in [1.82, 2.24) is 9.88 Å². The number of rotatable bonds is 5. The third-order valence-corrected chi connectivity index (χ3v) is 4.57. The third-order valence-electron chi connectivity index (χ3n) is 3.71. The predicted molar refractivity (Wildman–Crippen MR) is 92.7 cm³/mol. The first-order valence-electron chi connectivity index (χ1n) is 7.59. The summed E-state index contributed by atoms with van der Waals surface area (Å²) in [5.41, 5.74) is 4.33. The molecule has 0 saturated heterocycles. The molecule has 3 aromatic rings. The molecular weight excluding hydrogens is 292 g/mol. The smallest absolute Gasteiger partial charge is 0.267 e. The van der Waals surface area contributed by atoms with Crippen molar-refractivity contribution in [2.45, 2.75) is 26.8 Å². The van der Waals surface area contributed by atoms with Crippen molar-refractivity contribution < 1.29 is 4.79 Å². The van der Waals surface area contributed by atoms with E-state index in [-0.39, 0.29) is 5.91 Å². The van der Waals surface area contributed by atoms with Gasteiger partial charge in [-0.05, 0) is 36.4 Å². The van der Waals surface area contributed by atoms with E-state index in [1.807, 2.05) is 6.07 Å². The third kappa shape index (κ3) is 2.92. The molecular formula is C18H20N2OS. The number of hydrogen-bond acceptors (Lipinski definition) is 2. The minimum absolute atomic E-state index is 0.0119. The van der Waals surface area contributed by atoms with Crippen LogP contribution in [0.2, 0.25) is 0 Å². The summed E-state index contributed by atoms with van der Waals surface area (Å²) in [6.45, 7) is 5.58. The van der Waals surface area contributed by atoms with Gasteiger partial charge in [0.25, 0.3) is 5.91 Å². The van der Waals surface area contributed by atoms with Gasteiger partial charge >= 0.3 is 0 Å². The molecule has 1 amide bonds. The lowest BCUT2D eigenvalue weighted by molar-refractivity contribution is 0.0945.